The molecule has 0 saturated heterocycles. The maximum Gasteiger partial charge on any atom is 0.336 e. The summed E-state index contributed by atoms with van der Waals surface area (Å²) in [6, 6.07) is 14.0. The first-order valence-corrected chi connectivity index (χ1v) is 10.6. The smallest absolute Gasteiger partial charge is 0.336 e. The lowest BCUT2D eigenvalue weighted by Crippen LogP contribution is -2.23. The average Bonchev–Trinajstić information content (AvgIpc) is 2.66. The first kappa shape index (κ1) is 20.3. The van der Waals surface area contributed by atoms with Crippen LogP contribution >= 0.6 is 0 Å². The highest BCUT2D eigenvalue weighted by Crippen LogP contribution is 2.25. The first-order chi connectivity index (χ1) is 13.2. The lowest BCUT2D eigenvalue weighted by atomic mass is 10.0. The summed E-state index contributed by atoms with van der Waals surface area (Å²) in [4.78, 5) is 14.2. The summed E-state index contributed by atoms with van der Waals surface area (Å²) in [5.41, 5.74) is 3.19. The van der Waals surface area contributed by atoms with Gasteiger partial charge >= 0.3 is 5.63 Å². The Morgan fingerprint density at radius 1 is 1.11 bits per heavy atom. The standard InChI is InChI=1S/C21H24N2O4S/c1-4-15-5-10-19-17(12-21(24)27-20(19)11-15)13-23(3)14(2)16-6-8-18(9-7-16)28(22,25)26/h5-12,14H,4,13H2,1-3H3,(H2,22,25,26). The molecule has 0 amide bonds. The maximum atomic E-state index is 12.0. The van der Waals surface area contributed by atoms with E-state index in [2.05, 4.69) is 11.8 Å². The number of benzene rings is 2. The van der Waals surface area contributed by atoms with Crippen molar-refractivity contribution in [2.75, 3.05) is 7.05 Å². The van der Waals surface area contributed by atoms with Gasteiger partial charge in [0.15, 0.2) is 0 Å². The number of aryl methyl sites for hydroxylation is 1. The fourth-order valence-electron chi connectivity index (χ4n) is 3.22. The fraction of sp³-hybridized carbons (Fsp3) is 0.286. The number of fused-ring (bicyclic) bond motifs is 1. The van der Waals surface area contributed by atoms with Crippen LogP contribution in [0, 0.1) is 0 Å². The van der Waals surface area contributed by atoms with Crippen LogP contribution in [0.5, 0.6) is 0 Å². The lowest BCUT2D eigenvalue weighted by molar-refractivity contribution is 0.253. The van der Waals surface area contributed by atoms with Crippen molar-refractivity contribution >= 4 is 21.0 Å². The van der Waals surface area contributed by atoms with Crippen LogP contribution in [-0.4, -0.2) is 20.4 Å². The molecule has 0 aliphatic rings. The predicted molar refractivity (Wildman–Crippen MR) is 110 cm³/mol. The molecular weight excluding hydrogens is 376 g/mol. The van der Waals surface area contributed by atoms with Gasteiger partial charge in [-0.05, 0) is 55.3 Å². The van der Waals surface area contributed by atoms with Crippen LogP contribution in [0.3, 0.4) is 0 Å². The molecule has 0 radical (unpaired) electrons. The molecule has 2 aromatic carbocycles. The van der Waals surface area contributed by atoms with Crippen molar-refractivity contribution in [1.29, 1.82) is 0 Å². The number of primary sulfonamides is 1. The minimum absolute atomic E-state index is 0.00624. The Hall–Kier alpha value is -2.48. The van der Waals surface area contributed by atoms with Gasteiger partial charge in [0.25, 0.3) is 0 Å². The molecule has 148 valence electrons. The van der Waals surface area contributed by atoms with Gasteiger partial charge in [0.1, 0.15) is 5.58 Å². The highest BCUT2D eigenvalue weighted by molar-refractivity contribution is 7.89. The number of nitrogens with two attached hydrogens (primary N) is 1. The number of nitrogens with zero attached hydrogens (tertiary/aromatic N) is 1. The van der Waals surface area contributed by atoms with Gasteiger partial charge in [-0.25, -0.2) is 18.4 Å². The summed E-state index contributed by atoms with van der Waals surface area (Å²) in [6.45, 7) is 4.63. The zero-order chi connectivity index (χ0) is 20.5. The molecule has 0 fully saturated rings. The molecule has 6 nitrogen and oxygen atoms in total. The van der Waals surface area contributed by atoms with Crippen LogP contribution in [0.2, 0.25) is 0 Å². The normalized spacial score (nSPS) is 13.2. The molecule has 0 spiro atoms. The SMILES string of the molecule is CCc1ccc2c(CN(C)C(C)c3ccc(S(N)(=O)=O)cc3)cc(=O)oc2c1. The number of sulfonamides is 1. The largest absolute Gasteiger partial charge is 0.423 e. The van der Waals surface area contributed by atoms with E-state index in [4.69, 9.17) is 9.56 Å². The molecule has 0 saturated carbocycles. The zero-order valence-electron chi connectivity index (χ0n) is 16.2. The van der Waals surface area contributed by atoms with Crippen LogP contribution in [0.1, 0.15) is 36.6 Å². The Morgan fingerprint density at radius 3 is 2.39 bits per heavy atom. The van der Waals surface area contributed by atoms with Gasteiger partial charge in [-0.15, -0.1) is 0 Å². The van der Waals surface area contributed by atoms with E-state index in [9.17, 15) is 13.2 Å². The van der Waals surface area contributed by atoms with E-state index in [-0.39, 0.29) is 16.6 Å². The third-order valence-electron chi connectivity index (χ3n) is 5.07. The van der Waals surface area contributed by atoms with Crippen LogP contribution in [0.25, 0.3) is 11.0 Å². The Balaban J connectivity index is 1.88. The number of rotatable bonds is 6. The number of hydrogen-bond acceptors (Lipinski definition) is 5. The second kappa shape index (κ2) is 7.87. The highest BCUT2D eigenvalue weighted by atomic mass is 32.2. The number of hydrogen-bond donors (Lipinski definition) is 1. The highest BCUT2D eigenvalue weighted by Gasteiger charge is 2.16. The molecule has 28 heavy (non-hydrogen) atoms. The van der Waals surface area contributed by atoms with Gasteiger partial charge in [-0.2, -0.15) is 0 Å². The summed E-state index contributed by atoms with van der Waals surface area (Å²) >= 11 is 0. The van der Waals surface area contributed by atoms with Crippen LogP contribution < -0.4 is 10.8 Å². The molecule has 1 heterocycles. The average molecular weight is 401 g/mol. The van der Waals surface area contributed by atoms with Crippen molar-refractivity contribution in [2.45, 2.75) is 37.8 Å². The topological polar surface area (TPSA) is 93.6 Å². The Kier molecular flexibility index (Phi) is 5.69. The molecule has 1 atom stereocenters. The van der Waals surface area contributed by atoms with Crippen molar-refractivity contribution in [1.82, 2.24) is 4.90 Å². The van der Waals surface area contributed by atoms with Crippen molar-refractivity contribution in [2.24, 2.45) is 5.14 Å². The van der Waals surface area contributed by atoms with Gasteiger partial charge in [0.05, 0.1) is 4.90 Å². The van der Waals surface area contributed by atoms with Crippen molar-refractivity contribution < 1.29 is 12.8 Å². The molecule has 0 aliphatic carbocycles. The summed E-state index contributed by atoms with van der Waals surface area (Å²) in [7, 11) is -1.75. The van der Waals surface area contributed by atoms with Gasteiger partial charge in [0.2, 0.25) is 10.0 Å². The second-order valence-corrected chi connectivity index (χ2v) is 8.54. The minimum Gasteiger partial charge on any atom is -0.423 e. The molecule has 1 unspecified atom stereocenters. The summed E-state index contributed by atoms with van der Waals surface area (Å²) in [5, 5.41) is 6.07. The van der Waals surface area contributed by atoms with Gasteiger partial charge < -0.3 is 4.42 Å². The second-order valence-electron chi connectivity index (χ2n) is 6.98. The summed E-state index contributed by atoms with van der Waals surface area (Å²) in [5.74, 6) is 0. The van der Waals surface area contributed by atoms with E-state index < -0.39 is 10.0 Å². The van der Waals surface area contributed by atoms with E-state index in [0.717, 1.165) is 28.5 Å². The predicted octanol–water partition coefficient (Wildman–Crippen LogP) is 3.20. The van der Waals surface area contributed by atoms with Crippen LogP contribution in [0.4, 0.5) is 0 Å². The van der Waals surface area contributed by atoms with Crippen molar-refractivity contribution in [3.05, 3.63) is 75.6 Å². The minimum atomic E-state index is -3.71. The van der Waals surface area contributed by atoms with E-state index in [1.807, 2.05) is 32.2 Å². The van der Waals surface area contributed by atoms with Crippen molar-refractivity contribution in [3.8, 4) is 0 Å². The quantitative estimate of drug-likeness (QED) is 0.641. The molecule has 1 aromatic heterocycles. The molecule has 0 aliphatic heterocycles. The molecule has 3 aromatic rings. The monoisotopic (exact) mass is 400 g/mol. The van der Waals surface area contributed by atoms with Gasteiger partial charge in [-0.3, -0.25) is 4.90 Å². The Morgan fingerprint density at radius 2 is 1.79 bits per heavy atom. The molecule has 0 bridgehead atoms. The lowest BCUT2D eigenvalue weighted by Gasteiger charge is -2.25. The van der Waals surface area contributed by atoms with E-state index in [1.165, 1.54) is 18.2 Å². The maximum absolute atomic E-state index is 12.0. The Bertz CT molecular complexity index is 1150. The van der Waals surface area contributed by atoms with Gasteiger partial charge in [-0.1, -0.05) is 31.2 Å². The first-order valence-electron chi connectivity index (χ1n) is 9.07. The molecule has 3 rings (SSSR count). The summed E-state index contributed by atoms with van der Waals surface area (Å²) < 4.78 is 28.2. The van der Waals surface area contributed by atoms with Gasteiger partial charge in [0, 0.05) is 24.0 Å². The van der Waals surface area contributed by atoms with Crippen LogP contribution in [0.15, 0.2) is 62.6 Å². The molecular formula is C21H24N2O4S. The van der Waals surface area contributed by atoms with Crippen molar-refractivity contribution in [3.63, 3.8) is 0 Å². The summed E-state index contributed by atoms with van der Waals surface area (Å²) in [6.07, 6.45) is 0.870. The Labute approximate surface area is 164 Å². The van der Waals surface area contributed by atoms with Crippen LogP contribution in [-0.2, 0) is 23.0 Å². The molecule has 2 N–H and O–H groups in total. The zero-order valence-corrected chi connectivity index (χ0v) is 17.0. The van der Waals surface area contributed by atoms with E-state index >= 15 is 0 Å². The fourth-order valence-corrected chi connectivity index (χ4v) is 3.74. The van der Waals surface area contributed by atoms with E-state index in [1.54, 1.807) is 12.1 Å². The third kappa shape index (κ3) is 4.32. The van der Waals surface area contributed by atoms with E-state index in [0.29, 0.717) is 12.1 Å². The third-order valence-corrected chi connectivity index (χ3v) is 6.00. The molecule has 7 heteroatoms.